The maximum Gasteiger partial charge on any atom is 0.334 e. The summed E-state index contributed by atoms with van der Waals surface area (Å²) in [5, 5.41) is 1.46. The van der Waals surface area contributed by atoms with Crippen molar-refractivity contribution in [2.45, 2.75) is 0 Å². The Morgan fingerprint density at radius 1 is 1.62 bits per heavy atom. The summed E-state index contributed by atoms with van der Waals surface area (Å²) in [7, 11) is 3.45. The first-order chi connectivity index (χ1) is 3.72. The number of nitrogens with zero attached hydrogens (tertiary/aromatic N) is 2. The predicted octanol–water partition coefficient (Wildman–Crippen LogP) is -0.554. The summed E-state index contributed by atoms with van der Waals surface area (Å²) in [5.74, 6) is 0. The molecule has 2 amide bonds. The molecule has 0 atom stereocenters. The van der Waals surface area contributed by atoms with Gasteiger partial charge in [-0.2, -0.15) is 0 Å². The first-order valence-corrected chi connectivity index (χ1v) is 2.44. The molecule has 1 fully saturated rings. The lowest BCUT2D eigenvalue weighted by Gasteiger charge is -2.05. The zero-order valence-corrected chi connectivity index (χ0v) is 5.01. The Labute approximate surface area is 48.0 Å². The number of nitrogens with one attached hydrogen (secondary N) is 1. The zero-order chi connectivity index (χ0) is 6.15. The van der Waals surface area contributed by atoms with E-state index in [1.807, 2.05) is 0 Å². The number of hydrazine groups is 1. The highest BCUT2D eigenvalue weighted by Crippen LogP contribution is 1.94. The molecule has 1 heterocycles. The van der Waals surface area contributed by atoms with Crippen LogP contribution in [0.2, 0.25) is 0 Å². The van der Waals surface area contributed by atoms with Gasteiger partial charge in [0.15, 0.2) is 0 Å². The molecule has 8 heavy (non-hydrogen) atoms. The Hall–Kier alpha value is -0.770. The molecular weight excluding hydrogens is 106 g/mol. The molecule has 0 radical (unpaired) electrons. The van der Waals surface area contributed by atoms with Gasteiger partial charge in [0.2, 0.25) is 0 Å². The minimum atomic E-state index is 0.0185. The van der Waals surface area contributed by atoms with E-state index in [0.717, 1.165) is 0 Å². The summed E-state index contributed by atoms with van der Waals surface area (Å²) in [6.07, 6.45) is 0. The van der Waals surface area contributed by atoms with E-state index >= 15 is 0 Å². The third-order valence-electron chi connectivity index (χ3n) is 1.16. The van der Waals surface area contributed by atoms with Crippen LogP contribution in [0.3, 0.4) is 0 Å². The van der Waals surface area contributed by atoms with Gasteiger partial charge in [-0.1, -0.05) is 0 Å². The largest absolute Gasteiger partial charge is 0.334 e. The van der Waals surface area contributed by atoms with E-state index in [2.05, 4.69) is 5.43 Å². The third-order valence-corrected chi connectivity index (χ3v) is 1.16. The maximum absolute atomic E-state index is 10.7. The molecule has 1 aliphatic rings. The van der Waals surface area contributed by atoms with Crippen molar-refractivity contribution in [3.63, 3.8) is 0 Å². The lowest BCUT2D eigenvalue weighted by molar-refractivity contribution is 0.200. The molecule has 1 saturated heterocycles. The lowest BCUT2D eigenvalue weighted by Crippen LogP contribution is -2.29. The molecule has 0 aliphatic carbocycles. The van der Waals surface area contributed by atoms with Gasteiger partial charge in [0.25, 0.3) is 0 Å². The Bertz CT molecular complexity index is 102. The quantitative estimate of drug-likeness (QED) is 0.459. The van der Waals surface area contributed by atoms with Gasteiger partial charge in [0, 0.05) is 14.1 Å². The Morgan fingerprint density at radius 3 is 2.38 bits per heavy atom. The highest BCUT2D eigenvalue weighted by Gasteiger charge is 2.19. The summed E-state index contributed by atoms with van der Waals surface area (Å²) >= 11 is 0. The Kier molecular flexibility index (Phi) is 1.09. The van der Waals surface area contributed by atoms with Gasteiger partial charge < -0.3 is 4.90 Å². The average Bonchev–Trinajstić information content (AvgIpc) is 1.98. The van der Waals surface area contributed by atoms with Gasteiger partial charge in [-0.15, -0.1) is 0 Å². The molecule has 4 nitrogen and oxygen atoms in total. The maximum atomic E-state index is 10.7. The van der Waals surface area contributed by atoms with Crippen molar-refractivity contribution in [2.24, 2.45) is 0 Å². The molecule has 0 aromatic heterocycles. The van der Waals surface area contributed by atoms with E-state index in [4.69, 9.17) is 0 Å². The molecule has 0 bridgehead atoms. The van der Waals surface area contributed by atoms with Crippen LogP contribution in [0, 0.1) is 0 Å². The standard InChI is InChI=1S/C4H9N3O/c1-6-3-5-7(2)4(6)8/h5H,3H2,1-2H3. The summed E-state index contributed by atoms with van der Waals surface area (Å²) < 4.78 is 0. The first-order valence-electron chi connectivity index (χ1n) is 2.44. The van der Waals surface area contributed by atoms with Crippen LogP contribution in [-0.4, -0.2) is 36.7 Å². The monoisotopic (exact) mass is 115 g/mol. The van der Waals surface area contributed by atoms with Gasteiger partial charge in [-0.3, -0.25) is 5.01 Å². The van der Waals surface area contributed by atoms with E-state index < -0.39 is 0 Å². The van der Waals surface area contributed by atoms with E-state index in [0.29, 0.717) is 6.67 Å². The topological polar surface area (TPSA) is 35.6 Å². The SMILES string of the molecule is CN1CNN(C)C1=O. The predicted molar refractivity (Wildman–Crippen MR) is 28.9 cm³/mol. The number of hydrogen-bond acceptors (Lipinski definition) is 2. The van der Waals surface area contributed by atoms with Crippen molar-refractivity contribution >= 4 is 6.03 Å². The fourth-order valence-corrected chi connectivity index (χ4v) is 0.603. The number of hydrogen-bond donors (Lipinski definition) is 1. The van der Waals surface area contributed by atoms with Crippen LogP contribution >= 0.6 is 0 Å². The number of urea groups is 1. The second-order valence-electron chi connectivity index (χ2n) is 1.86. The molecule has 0 saturated carbocycles. The van der Waals surface area contributed by atoms with E-state index in [-0.39, 0.29) is 6.03 Å². The molecule has 46 valence electrons. The van der Waals surface area contributed by atoms with Crippen molar-refractivity contribution in [3.05, 3.63) is 0 Å². The molecule has 0 aromatic rings. The summed E-state index contributed by atoms with van der Waals surface area (Å²) in [6.45, 7) is 0.620. The van der Waals surface area contributed by atoms with Gasteiger partial charge in [0.1, 0.15) is 0 Å². The van der Waals surface area contributed by atoms with Crippen LogP contribution in [0.4, 0.5) is 4.79 Å². The van der Waals surface area contributed by atoms with Crippen LogP contribution < -0.4 is 5.43 Å². The summed E-state index contributed by atoms with van der Waals surface area (Å²) in [4.78, 5) is 12.3. The molecule has 4 heteroatoms. The summed E-state index contributed by atoms with van der Waals surface area (Å²) in [6, 6.07) is 0.0185. The van der Waals surface area contributed by atoms with Gasteiger partial charge >= 0.3 is 6.03 Å². The number of amides is 2. The Balaban J connectivity index is 2.57. The van der Waals surface area contributed by atoms with E-state index in [1.54, 1.807) is 19.0 Å². The van der Waals surface area contributed by atoms with Gasteiger partial charge in [-0.25, -0.2) is 10.2 Å². The highest BCUT2D eigenvalue weighted by molar-refractivity contribution is 5.74. The van der Waals surface area contributed by atoms with Crippen molar-refractivity contribution in [1.29, 1.82) is 0 Å². The normalized spacial score (nSPS) is 20.5. The minimum absolute atomic E-state index is 0.0185. The van der Waals surface area contributed by atoms with Gasteiger partial charge in [0.05, 0.1) is 6.67 Å². The number of rotatable bonds is 0. The van der Waals surface area contributed by atoms with Crippen molar-refractivity contribution in [3.8, 4) is 0 Å². The molecule has 1 rings (SSSR count). The zero-order valence-electron chi connectivity index (χ0n) is 5.01. The van der Waals surface area contributed by atoms with Crippen molar-refractivity contribution < 1.29 is 4.79 Å². The number of carbonyl (C=O) groups excluding carboxylic acids is 1. The highest BCUT2D eigenvalue weighted by atomic mass is 16.2. The van der Waals surface area contributed by atoms with Gasteiger partial charge in [-0.05, 0) is 0 Å². The van der Waals surface area contributed by atoms with Crippen molar-refractivity contribution in [1.82, 2.24) is 15.3 Å². The van der Waals surface area contributed by atoms with Crippen LogP contribution in [0.15, 0.2) is 0 Å². The van der Waals surface area contributed by atoms with Crippen LogP contribution in [0.1, 0.15) is 0 Å². The molecule has 0 unspecified atom stereocenters. The second kappa shape index (κ2) is 1.63. The Morgan fingerprint density at radius 2 is 2.25 bits per heavy atom. The van der Waals surface area contributed by atoms with Crippen LogP contribution in [0.5, 0.6) is 0 Å². The van der Waals surface area contributed by atoms with Crippen molar-refractivity contribution in [2.75, 3.05) is 20.8 Å². The van der Waals surface area contributed by atoms with E-state index in [9.17, 15) is 4.79 Å². The van der Waals surface area contributed by atoms with E-state index in [1.165, 1.54) is 5.01 Å². The first kappa shape index (κ1) is 5.37. The smallest absolute Gasteiger partial charge is 0.312 e. The molecule has 1 N–H and O–H groups in total. The molecule has 0 aromatic carbocycles. The second-order valence-corrected chi connectivity index (χ2v) is 1.86. The lowest BCUT2D eigenvalue weighted by atomic mass is 10.8. The summed E-state index contributed by atoms with van der Waals surface area (Å²) in [5.41, 5.74) is 2.83. The molecule has 0 spiro atoms. The molecule has 1 aliphatic heterocycles. The third kappa shape index (κ3) is 0.626. The number of carbonyl (C=O) groups is 1. The molecular formula is C4H9N3O. The van der Waals surface area contributed by atoms with Crippen LogP contribution in [-0.2, 0) is 0 Å². The van der Waals surface area contributed by atoms with Crippen LogP contribution in [0.25, 0.3) is 0 Å². The minimum Gasteiger partial charge on any atom is -0.312 e. The fourth-order valence-electron chi connectivity index (χ4n) is 0.603. The fraction of sp³-hybridized carbons (Fsp3) is 0.750. The average molecular weight is 115 g/mol.